The first-order chi connectivity index (χ1) is 17.5. The molecule has 3 aromatic rings. The summed E-state index contributed by atoms with van der Waals surface area (Å²) in [6.45, 7) is 4.85. The average molecular weight is 496 g/mol. The maximum atomic E-state index is 12.8. The van der Waals surface area contributed by atoms with Crippen LogP contribution in [-0.4, -0.2) is 35.0 Å². The van der Waals surface area contributed by atoms with Crippen molar-refractivity contribution >= 4 is 40.4 Å². The molecule has 2 aliphatic rings. The summed E-state index contributed by atoms with van der Waals surface area (Å²) in [5.41, 5.74) is 4.98. The zero-order valence-electron chi connectivity index (χ0n) is 20.0. The van der Waals surface area contributed by atoms with Crippen molar-refractivity contribution in [3.05, 3.63) is 106 Å². The highest BCUT2D eigenvalue weighted by molar-refractivity contribution is 8.17. The molecule has 0 bridgehead atoms. The van der Waals surface area contributed by atoms with Crippen LogP contribution in [0, 0.1) is 19.3 Å². The van der Waals surface area contributed by atoms with Gasteiger partial charge < -0.3 is 9.47 Å². The van der Waals surface area contributed by atoms with Gasteiger partial charge in [-0.05, 0) is 54.3 Å². The number of rotatable bonds is 7. The molecule has 180 valence electrons. The standard InChI is InChI=1S/C29H25N3O3S/c1-19-8-6-9-20(2)26(19)35-15-14-34-23-13-7-10-21(16-23)17-24-27(30)32-25(22-11-4-3-5-12-22)18-36-29(32)31-28(24)33/h3-13,16-18,30H,14-15H2,1-2H3. The number of nitrogens with one attached hydrogen (secondary N) is 1. The zero-order chi connectivity index (χ0) is 25.1. The van der Waals surface area contributed by atoms with E-state index in [0.717, 1.165) is 33.7 Å². The number of aryl methyl sites for hydroxylation is 2. The first kappa shape index (κ1) is 23.6. The number of para-hydroxylation sites is 1. The lowest BCUT2D eigenvalue weighted by atomic mass is 10.1. The number of nitrogens with zero attached hydrogens (tertiary/aromatic N) is 2. The van der Waals surface area contributed by atoms with E-state index >= 15 is 0 Å². The molecule has 0 aliphatic carbocycles. The summed E-state index contributed by atoms with van der Waals surface area (Å²) in [6.07, 6.45) is 1.69. The number of amides is 1. The van der Waals surface area contributed by atoms with Gasteiger partial charge in [0.25, 0.3) is 5.91 Å². The van der Waals surface area contributed by atoms with E-state index < -0.39 is 5.91 Å². The minimum atomic E-state index is -0.421. The number of hydrogen-bond acceptors (Lipinski definition) is 5. The number of benzene rings is 3. The Labute approximate surface area is 214 Å². The lowest BCUT2D eigenvalue weighted by Gasteiger charge is -2.26. The summed E-state index contributed by atoms with van der Waals surface area (Å²) < 4.78 is 11.8. The lowest BCUT2D eigenvalue weighted by molar-refractivity contribution is -0.114. The van der Waals surface area contributed by atoms with Crippen LogP contribution in [0.3, 0.4) is 0 Å². The van der Waals surface area contributed by atoms with Gasteiger partial charge in [-0.25, -0.2) is 0 Å². The molecule has 2 heterocycles. The Bertz CT molecular complexity index is 1410. The SMILES string of the molecule is Cc1cccc(C)c1OCCOc1cccc(C=C2C(=N)N3C(c4ccccc4)=CSC3=NC2=O)c1. The summed E-state index contributed by atoms with van der Waals surface area (Å²) >= 11 is 1.35. The van der Waals surface area contributed by atoms with Crippen LogP contribution in [-0.2, 0) is 4.79 Å². The molecule has 5 rings (SSSR count). The van der Waals surface area contributed by atoms with E-state index in [-0.39, 0.29) is 11.4 Å². The van der Waals surface area contributed by atoms with Crippen LogP contribution in [0.25, 0.3) is 11.8 Å². The Morgan fingerprint density at radius 3 is 2.44 bits per heavy atom. The van der Waals surface area contributed by atoms with Crippen LogP contribution in [0.5, 0.6) is 11.5 Å². The molecule has 0 fully saturated rings. The van der Waals surface area contributed by atoms with Gasteiger partial charge in [0.15, 0.2) is 5.17 Å². The molecule has 2 aliphatic heterocycles. The number of hydrogen-bond donors (Lipinski definition) is 1. The van der Waals surface area contributed by atoms with E-state index in [9.17, 15) is 4.79 Å². The normalized spacial score (nSPS) is 16.1. The van der Waals surface area contributed by atoms with Gasteiger partial charge in [0, 0.05) is 5.41 Å². The predicted molar refractivity (Wildman–Crippen MR) is 145 cm³/mol. The topological polar surface area (TPSA) is 75.0 Å². The van der Waals surface area contributed by atoms with Crippen LogP contribution in [0.2, 0.25) is 0 Å². The molecule has 36 heavy (non-hydrogen) atoms. The molecule has 3 aromatic carbocycles. The van der Waals surface area contributed by atoms with Crippen molar-refractivity contribution in [1.82, 2.24) is 4.90 Å². The Morgan fingerprint density at radius 1 is 0.944 bits per heavy atom. The van der Waals surface area contributed by atoms with Crippen molar-refractivity contribution < 1.29 is 14.3 Å². The maximum Gasteiger partial charge on any atom is 0.283 e. The van der Waals surface area contributed by atoms with E-state index in [2.05, 4.69) is 4.99 Å². The minimum Gasteiger partial charge on any atom is -0.490 e. The molecule has 0 saturated carbocycles. The molecular weight excluding hydrogens is 470 g/mol. The maximum absolute atomic E-state index is 12.8. The fourth-order valence-electron chi connectivity index (χ4n) is 4.11. The number of thioether (sulfide) groups is 1. The third kappa shape index (κ3) is 4.83. The van der Waals surface area contributed by atoms with Crippen molar-refractivity contribution in [2.45, 2.75) is 13.8 Å². The van der Waals surface area contributed by atoms with Gasteiger partial charge in [-0.3, -0.25) is 15.1 Å². The Kier molecular flexibility index (Phi) is 6.73. The molecule has 1 N–H and O–H groups in total. The van der Waals surface area contributed by atoms with Crippen LogP contribution in [0.1, 0.15) is 22.3 Å². The summed E-state index contributed by atoms with van der Waals surface area (Å²) in [6, 6.07) is 23.3. The van der Waals surface area contributed by atoms with Crippen molar-refractivity contribution in [3.8, 4) is 11.5 Å². The highest BCUT2D eigenvalue weighted by Crippen LogP contribution is 2.37. The molecule has 0 aromatic heterocycles. The summed E-state index contributed by atoms with van der Waals surface area (Å²) in [5, 5.41) is 11.2. The highest BCUT2D eigenvalue weighted by Gasteiger charge is 2.36. The number of aliphatic imine (C=N–C) groups is 1. The van der Waals surface area contributed by atoms with Crippen LogP contribution < -0.4 is 9.47 Å². The molecular formula is C29H25N3O3S. The monoisotopic (exact) mass is 495 g/mol. The second-order valence-corrected chi connectivity index (χ2v) is 9.26. The predicted octanol–water partition coefficient (Wildman–Crippen LogP) is 6.07. The fraction of sp³-hybridized carbons (Fsp3) is 0.138. The Hall–Kier alpha value is -4.10. The molecule has 7 heteroatoms. The average Bonchev–Trinajstić information content (AvgIpc) is 3.30. The Balaban J connectivity index is 1.29. The summed E-state index contributed by atoms with van der Waals surface area (Å²) in [4.78, 5) is 18.7. The summed E-state index contributed by atoms with van der Waals surface area (Å²) in [5.74, 6) is 1.24. The van der Waals surface area contributed by atoms with Crippen LogP contribution >= 0.6 is 11.8 Å². The van der Waals surface area contributed by atoms with Gasteiger partial charge in [0.05, 0.1) is 11.3 Å². The van der Waals surface area contributed by atoms with Crippen molar-refractivity contribution in [2.75, 3.05) is 13.2 Å². The molecule has 0 unspecified atom stereocenters. The smallest absolute Gasteiger partial charge is 0.283 e. The molecule has 6 nitrogen and oxygen atoms in total. The van der Waals surface area contributed by atoms with E-state index in [1.165, 1.54) is 11.8 Å². The third-order valence-corrected chi connectivity index (χ3v) is 6.69. The quantitative estimate of drug-likeness (QED) is 0.318. The number of carbonyl (C=O) groups excluding carboxylic acids is 1. The molecule has 0 atom stereocenters. The molecule has 0 saturated heterocycles. The van der Waals surface area contributed by atoms with Crippen LogP contribution in [0.15, 0.2) is 88.8 Å². The van der Waals surface area contributed by atoms with E-state index in [4.69, 9.17) is 14.9 Å². The van der Waals surface area contributed by atoms with Gasteiger partial charge >= 0.3 is 0 Å². The third-order valence-electron chi connectivity index (χ3n) is 5.86. The second kappa shape index (κ2) is 10.3. The van der Waals surface area contributed by atoms with Crippen molar-refractivity contribution in [1.29, 1.82) is 5.41 Å². The Morgan fingerprint density at radius 2 is 1.67 bits per heavy atom. The zero-order valence-corrected chi connectivity index (χ0v) is 20.8. The summed E-state index contributed by atoms with van der Waals surface area (Å²) in [7, 11) is 0. The van der Waals surface area contributed by atoms with Gasteiger partial charge in [0.1, 0.15) is 30.5 Å². The molecule has 1 amide bonds. The number of ether oxygens (including phenoxy) is 2. The van der Waals surface area contributed by atoms with Gasteiger partial charge in [-0.15, -0.1) is 0 Å². The first-order valence-corrected chi connectivity index (χ1v) is 12.5. The van der Waals surface area contributed by atoms with Crippen molar-refractivity contribution in [2.24, 2.45) is 4.99 Å². The lowest BCUT2D eigenvalue weighted by Crippen LogP contribution is -2.38. The van der Waals surface area contributed by atoms with Gasteiger partial charge in [0.2, 0.25) is 0 Å². The van der Waals surface area contributed by atoms with Gasteiger partial charge in [-0.1, -0.05) is 72.4 Å². The van der Waals surface area contributed by atoms with E-state index in [1.807, 2.05) is 92.1 Å². The second-order valence-electron chi connectivity index (χ2n) is 8.42. The fourth-order valence-corrected chi connectivity index (χ4v) is 4.99. The van der Waals surface area contributed by atoms with Crippen molar-refractivity contribution in [3.63, 3.8) is 0 Å². The minimum absolute atomic E-state index is 0.110. The molecule has 0 spiro atoms. The molecule has 0 radical (unpaired) electrons. The van der Waals surface area contributed by atoms with Gasteiger partial charge in [-0.2, -0.15) is 4.99 Å². The number of amidine groups is 2. The first-order valence-electron chi connectivity index (χ1n) is 11.6. The van der Waals surface area contributed by atoms with E-state index in [1.54, 1.807) is 11.0 Å². The van der Waals surface area contributed by atoms with Crippen LogP contribution in [0.4, 0.5) is 0 Å². The highest BCUT2D eigenvalue weighted by atomic mass is 32.2. The largest absolute Gasteiger partial charge is 0.490 e. The number of fused-ring (bicyclic) bond motifs is 1. The van der Waals surface area contributed by atoms with E-state index in [0.29, 0.717) is 24.1 Å². The number of carbonyl (C=O) groups is 1.